The summed E-state index contributed by atoms with van der Waals surface area (Å²) in [5.74, 6) is 0.755. The van der Waals surface area contributed by atoms with Crippen LogP contribution in [-0.4, -0.2) is 46.2 Å². The summed E-state index contributed by atoms with van der Waals surface area (Å²) in [4.78, 5) is 19.5. The standard InChI is InChI=1S/C12H18N4OS.ClH/c1-14-6-7-15(2)11(14)8-10(17)9-18-12-13-4-5-16(12)3;/h4-7,11H,8-9H2,1-3H3;1H. The highest BCUT2D eigenvalue weighted by Gasteiger charge is 2.27. The van der Waals surface area contributed by atoms with Crippen molar-refractivity contribution in [2.24, 2.45) is 7.05 Å². The van der Waals surface area contributed by atoms with E-state index in [-0.39, 0.29) is 24.4 Å². The Hall–Kier alpha value is -0.980. The molecule has 1 aliphatic heterocycles. The Morgan fingerprint density at radius 3 is 2.79 bits per heavy atom. The van der Waals surface area contributed by atoms with Crippen LogP contribution >= 0.6 is 11.8 Å². The normalized spacial score (nSPS) is 21.5. The van der Waals surface area contributed by atoms with Gasteiger partial charge in [-0.2, -0.15) is 0 Å². The van der Waals surface area contributed by atoms with Crippen LogP contribution in [0.1, 0.15) is 6.42 Å². The largest absolute Gasteiger partial charge is 1.00 e. The van der Waals surface area contributed by atoms with Gasteiger partial charge < -0.3 is 21.9 Å². The summed E-state index contributed by atoms with van der Waals surface area (Å²) in [6.07, 6.45) is 8.55. The molecule has 0 amide bonds. The minimum absolute atomic E-state index is 0. The molecule has 5 nitrogen and oxygen atoms in total. The second-order valence-corrected chi connectivity index (χ2v) is 5.54. The van der Waals surface area contributed by atoms with Crippen LogP contribution in [0.2, 0.25) is 0 Å². The lowest BCUT2D eigenvalue weighted by Gasteiger charge is -2.21. The smallest absolute Gasteiger partial charge is 0.173 e. The van der Waals surface area contributed by atoms with Crippen molar-refractivity contribution < 1.29 is 22.1 Å². The SMILES string of the molecule is CN1C=C[NH+](C)C1CC(=O)CSc1nccn1C.[Cl-]. The molecule has 1 aromatic heterocycles. The number of imidazole rings is 1. The summed E-state index contributed by atoms with van der Waals surface area (Å²) in [5, 5.41) is 0.891. The monoisotopic (exact) mass is 302 g/mol. The summed E-state index contributed by atoms with van der Waals surface area (Å²) >= 11 is 1.50. The fraction of sp³-hybridized carbons (Fsp3) is 0.500. The topological polar surface area (TPSA) is 42.6 Å². The van der Waals surface area contributed by atoms with Crippen molar-refractivity contribution in [3.05, 3.63) is 24.8 Å². The van der Waals surface area contributed by atoms with E-state index in [4.69, 9.17) is 0 Å². The number of hydrogen-bond acceptors (Lipinski definition) is 4. The summed E-state index contributed by atoms with van der Waals surface area (Å²) in [6, 6.07) is 0. The molecule has 2 atom stereocenters. The molecular formula is C12H19ClN4OS. The molecule has 1 aliphatic rings. The molecule has 0 bridgehead atoms. The van der Waals surface area contributed by atoms with Crippen molar-refractivity contribution >= 4 is 17.5 Å². The molecular weight excluding hydrogens is 284 g/mol. The summed E-state index contributed by atoms with van der Waals surface area (Å²) in [5.41, 5.74) is 0. The van der Waals surface area contributed by atoms with Crippen LogP contribution in [0.5, 0.6) is 0 Å². The lowest BCUT2D eigenvalue weighted by Crippen LogP contribution is -3.08. The zero-order valence-corrected chi connectivity index (χ0v) is 12.9. The Bertz CT molecular complexity index is 450. The third kappa shape index (κ3) is 3.99. The van der Waals surface area contributed by atoms with Gasteiger partial charge in [0.2, 0.25) is 0 Å². The van der Waals surface area contributed by atoms with Crippen molar-refractivity contribution in [3.8, 4) is 0 Å². The van der Waals surface area contributed by atoms with Gasteiger partial charge in [-0.05, 0) is 0 Å². The second kappa shape index (κ2) is 6.98. The minimum Gasteiger partial charge on any atom is -1.00 e. The number of carbonyl (C=O) groups excluding carboxylic acids is 1. The van der Waals surface area contributed by atoms with Gasteiger partial charge in [0.25, 0.3) is 0 Å². The van der Waals surface area contributed by atoms with Crippen LogP contribution in [0, 0.1) is 0 Å². The van der Waals surface area contributed by atoms with Crippen LogP contribution in [-0.2, 0) is 11.8 Å². The van der Waals surface area contributed by atoms with Crippen LogP contribution in [0.25, 0.3) is 0 Å². The van der Waals surface area contributed by atoms with E-state index in [0.717, 1.165) is 5.16 Å². The number of aromatic nitrogens is 2. The number of Topliss-reactive ketones (excluding diaryl/α,β-unsaturated/α-hetero) is 1. The van der Waals surface area contributed by atoms with Crippen molar-refractivity contribution in [2.75, 3.05) is 19.8 Å². The molecule has 0 aromatic carbocycles. The second-order valence-electron chi connectivity index (χ2n) is 4.59. The van der Waals surface area contributed by atoms with E-state index in [9.17, 15) is 4.79 Å². The van der Waals surface area contributed by atoms with Gasteiger partial charge in [0.05, 0.1) is 25.4 Å². The fourth-order valence-corrected chi connectivity index (χ4v) is 2.79. The maximum absolute atomic E-state index is 12.0. The number of nitrogens with one attached hydrogen (secondary N) is 1. The summed E-state index contributed by atoms with van der Waals surface area (Å²) in [7, 11) is 6.02. The number of rotatable bonds is 5. The minimum atomic E-state index is 0. The van der Waals surface area contributed by atoms with Crippen molar-refractivity contribution in [3.63, 3.8) is 0 Å². The van der Waals surface area contributed by atoms with Gasteiger partial charge in [-0.15, -0.1) is 0 Å². The van der Waals surface area contributed by atoms with E-state index in [0.29, 0.717) is 12.2 Å². The molecule has 7 heteroatoms. The molecule has 1 aromatic rings. The highest BCUT2D eigenvalue weighted by Crippen LogP contribution is 2.15. The van der Waals surface area contributed by atoms with Crippen LogP contribution < -0.4 is 17.3 Å². The first-order chi connectivity index (χ1) is 8.58. The van der Waals surface area contributed by atoms with Gasteiger partial charge in [-0.3, -0.25) is 9.69 Å². The first-order valence-corrected chi connectivity index (χ1v) is 6.92. The number of nitrogens with zero attached hydrogens (tertiary/aromatic N) is 3. The van der Waals surface area contributed by atoms with E-state index in [1.54, 1.807) is 6.20 Å². The summed E-state index contributed by atoms with van der Waals surface area (Å²) < 4.78 is 1.93. The zero-order chi connectivity index (χ0) is 13.1. The van der Waals surface area contributed by atoms with Gasteiger partial charge in [0.1, 0.15) is 6.20 Å². The molecule has 0 saturated carbocycles. The maximum Gasteiger partial charge on any atom is 0.173 e. The Balaban J connectivity index is 0.00000180. The third-order valence-corrected chi connectivity index (χ3v) is 4.27. The van der Waals surface area contributed by atoms with Crippen molar-refractivity contribution in [1.82, 2.24) is 14.5 Å². The summed E-state index contributed by atoms with van der Waals surface area (Å²) in [6.45, 7) is 0. The van der Waals surface area contributed by atoms with E-state index >= 15 is 0 Å². The number of hydrogen-bond donors (Lipinski definition) is 1. The molecule has 2 rings (SSSR count). The first kappa shape index (κ1) is 16.1. The van der Waals surface area contributed by atoms with E-state index in [1.165, 1.54) is 16.7 Å². The van der Waals surface area contributed by atoms with Crippen LogP contribution in [0.3, 0.4) is 0 Å². The Morgan fingerprint density at radius 2 is 2.26 bits per heavy atom. The van der Waals surface area contributed by atoms with E-state index in [2.05, 4.69) is 23.1 Å². The lowest BCUT2D eigenvalue weighted by molar-refractivity contribution is -0.855. The number of carbonyl (C=O) groups is 1. The maximum atomic E-state index is 12.0. The molecule has 0 radical (unpaired) electrons. The quantitative estimate of drug-likeness (QED) is 0.580. The van der Waals surface area contributed by atoms with Gasteiger partial charge in [0.15, 0.2) is 17.1 Å². The Labute approximate surface area is 124 Å². The number of quaternary nitrogens is 1. The number of halogens is 1. The Morgan fingerprint density at radius 1 is 1.53 bits per heavy atom. The number of thioether (sulfide) groups is 1. The van der Waals surface area contributed by atoms with Gasteiger partial charge >= 0.3 is 0 Å². The highest BCUT2D eigenvalue weighted by atomic mass is 35.5. The average molecular weight is 303 g/mol. The highest BCUT2D eigenvalue weighted by molar-refractivity contribution is 7.99. The van der Waals surface area contributed by atoms with E-state index in [1.807, 2.05) is 31.1 Å². The van der Waals surface area contributed by atoms with Crippen molar-refractivity contribution in [1.29, 1.82) is 0 Å². The molecule has 1 N–H and O–H groups in total. The van der Waals surface area contributed by atoms with Gasteiger partial charge in [0, 0.05) is 26.5 Å². The van der Waals surface area contributed by atoms with E-state index < -0.39 is 0 Å². The molecule has 0 spiro atoms. The first-order valence-electron chi connectivity index (χ1n) is 5.93. The Kier molecular flexibility index (Phi) is 5.90. The molecule has 0 aliphatic carbocycles. The predicted molar refractivity (Wildman–Crippen MR) is 71.1 cm³/mol. The van der Waals surface area contributed by atoms with Gasteiger partial charge in [-0.1, -0.05) is 11.8 Å². The van der Waals surface area contributed by atoms with Crippen LogP contribution in [0.15, 0.2) is 30.0 Å². The average Bonchev–Trinajstić information content (AvgIpc) is 2.87. The van der Waals surface area contributed by atoms with Crippen LogP contribution in [0.4, 0.5) is 0 Å². The lowest BCUT2D eigenvalue weighted by atomic mass is 10.2. The molecule has 2 unspecified atom stereocenters. The number of aryl methyl sites for hydroxylation is 1. The molecule has 2 heterocycles. The molecule has 0 fully saturated rings. The molecule has 0 saturated heterocycles. The van der Waals surface area contributed by atoms with Crippen molar-refractivity contribution in [2.45, 2.75) is 17.7 Å². The predicted octanol–water partition coefficient (Wildman–Crippen LogP) is -3.27. The zero-order valence-electron chi connectivity index (χ0n) is 11.3. The van der Waals surface area contributed by atoms with Gasteiger partial charge in [-0.25, -0.2) is 4.98 Å². The number of ketones is 1. The fourth-order valence-electron chi connectivity index (χ4n) is 1.99. The third-order valence-electron chi connectivity index (χ3n) is 3.15. The molecule has 106 valence electrons. The molecule has 19 heavy (non-hydrogen) atoms.